The molecule has 2 atom stereocenters. The Balaban J connectivity index is 1.57. The van der Waals surface area contributed by atoms with E-state index in [9.17, 15) is 9.59 Å². The summed E-state index contributed by atoms with van der Waals surface area (Å²) in [7, 11) is 0. The molecule has 5 aromatic rings. The zero-order valence-corrected chi connectivity index (χ0v) is 20.9. The van der Waals surface area contributed by atoms with E-state index in [0.29, 0.717) is 25.1 Å². The standard InChI is InChI=1S/C31H27N5O2/c32-30(37)29-18-11-21-36(29,28-17-8-7-16-26(28)34-19-9-10-20-34)31(38)25-22-27(23-12-3-1-4-13-23)35(33-25)24-14-5-2-6-15-24/h1-10,12-17,19-20,22,29H,11,18,21H2,(H-,32,37)/p+1/t29-,36?/m0/s1. The van der Waals surface area contributed by atoms with Gasteiger partial charge >= 0.3 is 5.91 Å². The number of rotatable bonds is 6. The average Bonchev–Trinajstić information content (AvgIpc) is 3.74. The monoisotopic (exact) mass is 502 g/mol. The number of benzene rings is 3. The minimum atomic E-state index is -0.693. The molecule has 2 aromatic heterocycles. The van der Waals surface area contributed by atoms with Gasteiger partial charge in [-0.2, -0.15) is 5.10 Å². The summed E-state index contributed by atoms with van der Waals surface area (Å²) in [6.07, 6.45) is 5.11. The van der Waals surface area contributed by atoms with Crippen LogP contribution >= 0.6 is 0 Å². The molecule has 0 radical (unpaired) electrons. The highest BCUT2D eigenvalue weighted by atomic mass is 16.2. The van der Waals surface area contributed by atoms with E-state index < -0.39 is 11.9 Å². The lowest BCUT2D eigenvalue weighted by Crippen LogP contribution is -2.62. The maximum absolute atomic E-state index is 14.7. The van der Waals surface area contributed by atoms with Crippen LogP contribution in [0.25, 0.3) is 22.6 Å². The molecule has 188 valence electrons. The van der Waals surface area contributed by atoms with Crippen LogP contribution in [0.3, 0.4) is 0 Å². The lowest BCUT2D eigenvalue weighted by atomic mass is 10.1. The van der Waals surface area contributed by atoms with Crippen LogP contribution in [0.4, 0.5) is 5.69 Å². The van der Waals surface area contributed by atoms with Crippen molar-refractivity contribution in [2.24, 2.45) is 5.73 Å². The van der Waals surface area contributed by atoms with Crippen LogP contribution in [-0.2, 0) is 4.79 Å². The van der Waals surface area contributed by atoms with Crippen LogP contribution in [0.5, 0.6) is 0 Å². The van der Waals surface area contributed by atoms with Crippen LogP contribution in [0.2, 0.25) is 0 Å². The Morgan fingerprint density at radius 3 is 2.21 bits per heavy atom. The molecule has 1 saturated heterocycles. The maximum Gasteiger partial charge on any atom is 0.372 e. The molecule has 3 aromatic carbocycles. The molecule has 6 rings (SSSR count). The van der Waals surface area contributed by atoms with E-state index in [1.807, 2.05) is 120 Å². The number of amides is 2. The van der Waals surface area contributed by atoms with Gasteiger partial charge < -0.3 is 10.3 Å². The van der Waals surface area contributed by atoms with Crippen molar-refractivity contribution in [3.8, 4) is 22.6 Å². The molecule has 1 fully saturated rings. The number of quaternary nitrogens is 1. The molecule has 0 saturated carbocycles. The SMILES string of the molecule is NC(=O)[C@@H]1CCC[N+]1(C(=O)c1cc(-c2ccccc2)n(-c2ccccc2)n1)c1ccccc1-n1cccc1. The van der Waals surface area contributed by atoms with Gasteiger partial charge in [0.2, 0.25) is 0 Å². The number of hydrogen-bond donors (Lipinski definition) is 1. The molecular formula is C31H28N5O2+. The molecule has 1 aliphatic heterocycles. The molecule has 2 N–H and O–H groups in total. The van der Waals surface area contributed by atoms with Crippen molar-refractivity contribution in [2.45, 2.75) is 18.9 Å². The Morgan fingerprint density at radius 1 is 0.842 bits per heavy atom. The summed E-state index contributed by atoms with van der Waals surface area (Å²) in [5.74, 6) is -0.721. The Hall–Kier alpha value is -4.75. The Labute approximate surface area is 221 Å². The quantitative estimate of drug-likeness (QED) is 0.327. The molecule has 2 amide bonds. The lowest BCUT2D eigenvalue weighted by molar-refractivity contribution is -0.121. The number of para-hydroxylation sites is 3. The van der Waals surface area contributed by atoms with Gasteiger partial charge in [-0.3, -0.25) is 4.79 Å². The number of hydrogen-bond acceptors (Lipinski definition) is 3. The highest BCUT2D eigenvalue weighted by Crippen LogP contribution is 2.41. The van der Waals surface area contributed by atoms with E-state index in [2.05, 4.69) is 0 Å². The summed E-state index contributed by atoms with van der Waals surface area (Å²) in [4.78, 5) is 27.6. The van der Waals surface area contributed by atoms with Gasteiger partial charge in [0.1, 0.15) is 5.69 Å². The van der Waals surface area contributed by atoms with Gasteiger partial charge in [0.15, 0.2) is 17.4 Å². The van der Waals surface area contributed by atoms with E-state index in [4.69, 9.17) is 10.8 Å². The third-order valence-electron chi connectivity index (χ3n) is 7.40. The highest BCUT2D eigenvalue weighted by Gasteiger charge is 2.55. The summed E-state index contributed by atoms with van der Waals surface area (Å²) in [6, 6.07) is 32.4. The summed E-state index contributed by atoms with van der Waals surface area (Å²) in [5.41, 5.74) is 10.4. The fourth-order valence-electron chi connectivity index (χ4n) is 5.70. The van der Waals surface area contributed by atoms with E-state index in [1.165, 1.54) is 0 Å². The summed E-state index contributed by atoms with van der Waals surface area (Å²) < 4.78 is 3.58. The number of nitrogens with two attached hydrogens (primary N) is 1. The fourth-order valence-corrected chi connectivity index (χ4v) is 5.70. The van der Waals surface area contributed by atoms with Crippen molar-refractivity contribution in [1.29, 1.82) is 0 Å². The van der Waals surface area contributed by atoms with E-state index in [0.717, 1.165) is 28.3 Å². The molecule has 1 unspecified atom stereocenters. The predicted octanol–water partition coefficient (Wildman–Crippen LogP) is 5.13. The number of primary amides is 1. The summed E-state index contributed by atoms with van der Waals surface area (Å²) >= 11 is 0. The molecule has 0 bridgehead atoms. The van der Waals surface area contributed by atoms with E-state index in [1.54, 1.807) is 4.68 Å². The van der Waals surface area contributed by atoms with Crippen molar-refractivity contribution in [2.75, 3.05) is 6.54 Å². The third kappa shape index (κ3) is 3.84. The molecule has 0 spiro atoms. The highest BCUT2D eigenvalue weighted by molar-refractivity contribution is 6.06. The van der Waals surface area contributed by atoms with Gasteiger partial charge in [0.05, 0.1) is 17.9 Å². The first-order valence-electron chi connectivity index (χ1n) is 12.8. The zero-order valence-electron chi connectivity index (χ0n) is 20.9. The second-order valence-electron chi connectivity index (χ2n) is 9.57. The number of nitrogens with zero attached hydrogens (tertiary/aromatic N) is 4. The topological polar surface area (TPSA) is 82.9 Å². The Kier molecular flexibility index (Phi) is 5.98. The Morgan fingerprint density at radius 2 is 1.50 bits per heavy atom. The van der Waals surface area contributed by atoms with Gasteiger partial charge in [0.25, 0.3) is 5.91 Å². The normalized spacial score (nSPS) is 18.9. The third-order valence-corrected chi connectivity index (χ3v) is 7.40. The van der Waals surface area contributed by atoms with Crippen LogP contribution < -0.4 is 10.2 Å². The minimum Gasteiger partial charge on any atom is -0.364 e. The smallest absolute Gasteiger partial charge is 0.364 e. The van der Waals surface area contributed by atoms with Crippen molar-refractivity contribution >= 4 is 17.5 Å². The number of carbonyl (C=O) groups excluding carboxylic acids is 2. The van der Waals surface area contributed by atoms with Crippen molar-refractivity contribution in [3.63, 3.8) is 0 Å². The van der Waals surface area contributed by atoms with Crippen molar-refractivity contribution in [1.82, 2.24) is 18.8 Å². The number of carbonyl (C=O) groups is 2. The first kappa shape index (κ1) is 23.6. The van der Waals surface area contributed by atoms with Gasteiger partial charge in [-0.15, -0.1) is 0 Å². The van der Waals surface area contributed by atoms with Gasteiger partial charge in [-0.25, -0.2) is 14.0 Å². The van der Waals surface area contributed by atoms with E-state index >= 15 is 0 Å². The van der Waals surface area contributed by atoms with Gasteiger partial charge in [0, 0.05) is 42.9 Å². The van der Waals surface area contributed by atoms with Crippen LogP contribution in [0, 0.1) is 0 Å². The van der Waals surface area contributed by atoms with Gasteiger partial charge in [-0.1, -0.05) is 60.7 Å². The minimum absolute atomic E-state index is 0.191. The first-order chi connectivity index (χ1) is 18.6. The zero-order chi connectivity index (χ0) is 26.1. The molecule has 7 heteroatoms. The second kappa shape index (κ2) is 9.61. The maximum atomic E-state index is 14.7. The Bertz CT molecular complexity index is 1540. The largest absolute Gasteiger partial charge is 0.372 e. The van der Waals surface area contributed by atoms with E-state index in [-0.39, 0.29) is 10.4 Å². The molecule has 38 heavy (non-hydrogen) atoms. The van der Waals surface area contributed by atoms with Crippen LogP contribution in [0.15, 0.2) is 116 Å². The fraction of sp³-hybridized carbons (Fsp3) is 0.129. The van der Waals surface area contributed by atoms with Crippen molar-refractivity contribution < 1.29 is 9.59 Å². The summed E-state index contributed by atoms with van der Waals surface area (Å²) in [5, 5.41) is 4.85. The molecule has 0 aliphatic carbocycles. The first-order valence-corrected chi connectivity index (χ1v) is 12.8. The molecule has 1 aliphatic rings. The van der Waals surface area contributed by atoms with Crippen molar-refractivity contribution in [3.05, 3.63) is 121 Å². The number of likely N-dealkylation sites (tertiary alicyclic amines) is 1. The van der Waals surface area contributed by atoms with Crippen LogP contribution in [-0.4, -0.2) is 38.7 Å². The predicted molar refractivity (Wildman–Crippen MR) is 148 cm³/mol. The molecule has 3 heterocycles. The van der Waals surface area contributed by atoms with Gasteiger partial charge in [-0.05, 0) is 30.3 Å². The van der Waals surface area contributed by atoms with Crippen LogP contribution in [0.1, 0.15) is 23.3 Å². The number of aromatic nitrogens is 3. The average molecular weight is 503 g/mol. The summed E-state index contributed by atoms with van der Waals surface area (Å²) in [6.45, 7) is 0.462. The lowest BCUT2D eigenvalue weighted by Gasteiger charge is -2.36. The molecule has 7 nitrogen and oxygen atoms in total. The molecular weight excluding hydrogens is 474 g/mol. The second-order valence-corrected chi connectivity index (χ2v) is 9.57.